The van der Waals surface area contributed by atoms with Crippen LogP contribution in [0.3, 0.4) is 0 Å². The number of carbonyl (C=O) groups is 3. The first-order valence-electron chi connectivity index (χ1n) is 9.17. The molecule has 1 saturated heterocycles. The van der Waals surface area contributed by atoms with Crippen molar-refractivity contribution in [1.82, 2.24) is 4.90 Å². The molecule has 33 heavy (non-hydrogen) atoms. The van der Waals surface area contributed by atoms with E-state index in [0.29, 0.717) is 38.2 Å². The molecule has 0 aliphatic carbocycles. The van der Waals surface area contributed by atoms with Gasteiger partial charge in [-0.25, -0.2) is 0 Å². The molecule has 3 amide bonds. The third-order valence-electron chi connectivity index (χ3n) is 4.44. The van der Waals surface area contributed by atoms with E-state index in [4.69, 9.17) is 9.47 Å². The SMILES string of the molecule is COc1cc(OC)c(/C=C2\SC(=O)N(CC(=O)Nc3cccc(C(F)(F)F)c3)C2=O)cc1Br. The number of thioether (sulfide) groups is 1. The lowest BCUT2D eigenvalue weighted by Crippen LogP contribution is -2.36. The lowest BCUT2D eigenvalue weighted by Gasteiger charge is -2.13. The molecule has 0 saturated carbocycles. The van der Waals surface area contributed by atoms with E-state index in [-0.39, 0.29) is 10.6 Å². The van der Waals surface area contributed by atoms with Crippen LogP contribution in [0.4, 0.5) is 23.7 Å². The highest BCUT2D eigenvalue weighted by atomic mass is 79.9. The molecule has 1 aliphatic rings. The van der Waals surface area contributed by atoms with Crippen molar-refractivity contribution in [3.8, 4) is 11.5 Å². The number of methoxy groups -OCH3 is 2. The van der Waals surface area contributed by atoms with Crippen LogP contribution in [0.15, 0.2) is 45.8 Å². The van der Waals surface area contributed by atoms with Crippen LogP contribution in [0.1, 0.15) is 11.1 Å². The highest BCUT2D eigenvalue weighted by molar-refractivity contribution is 9.10. The van der Waals surface area contributed by atoms with E-state index in [2.05, 4.69) is 21.2 Å². The number of hydrogen-bond donors (Lipinski definition) is 1. The molecule has 0 atom stereocenters. The van der Waals surface area contributed by atoms with E-state index in [1.165, 1.54) is 26.4 Å². The molecule has 174 valence electrons. The quantitative estimate of drug-likeness (QED) is 0.505. The topological polar surface area (TPSA) is 84.9 Å². The second-order valence-electron chi connectivity index (χ2n) is 6.62. The van der Waals surface area contributed by atoms with Gasteiger partial charge in [0.25, 0.3) is 11.1 Å². The van der Waals surface area contributed by atoms with E-state index in [9.17, 15) is 27.6 Å². The lowest BCUT2D eigenvalue weighted by molar-refractivity contribution is -0.137. The number of ether oxygens (including phenoxy) is 2. The van der Waals surface area contributed by atoms with E-state index < -0.39 is 35.3 Å². The van der Waals surface area contributed by atoms with Crippen LogP contribution in [-0.4, -0.2) is 42.7 Å². The van der Waals surface area contributed by atoms with Gasteiger partial charge in [-0.1, -0.05) is 6.07 Å². The van der Waals surface area contributed by atoms with Crippen molar-refractivity contribution in [2.24, 2.45) is 0 Å². The van der Waals surface area contributed by atoms with Crippen LogP contribution in [0.2, 0.25) is 0 Å². The van der Waals surface area contributed by atoms with Crippen LogP contribution < -0.4 is 14.8 Å². The van der Waals surface area contributed by atoms with Gasteiger partial charge >= 0.3 is 6.18 Å². The zero-order valence-electron chi connectivity index (χ0n) is 17.2. The maximum absolute atomic E-state index is 12.8. The first kappa shape index (κ1) is 24.6. The van der Waals surface area contributed by atoms with Gasteiger partial charge < -0.3 is 14.8 Å². The number of rotatable bonds is 6. The van der Waals surface area contributed by atoms with E-state index in [1.54, 1.807) is 12.1 Å². The molecule has 7 nitrogen and oxygen atoms in total. The Morgan fingerprint density at radius 3 is 2.48 bits per heavy atom. The summed E-state index contributed by atoms with van der Waals surface area (Å²) >= 11 is 3.97. The number of imide groups is 1. The predicted molar refractivity (Wildman–Crippen MR) is 120 cm³/mol. The first-order chi connectivity index (χ1) is 15.5. The summed E-state index contributed by atoms with van der Waals surface area (Å²) in [6.07, 6.45) is -3.13. The summed E-state index contributed by atoms with van der Waals surface area (Å²) < 4.78 is 49.6. The molecule has 0 radical (unpaired) electrons. The number of nitrogens with one attached hydrogen (secondary N) is 1. The predicted octanol–water partition coefficient (Wildman–Crippen LogP) is 5.16. The Kier molecular flexibility index (Phi) is 7.38. The maximum atomic E-state index is 12.8. The van der Waals surface area contributed by atoms with Gasteiger partial charge in [-0.05, 0) is 58.0 Å². The fourth-order valence-electron chi connectivity index (χ4n) is 2.89. The van der Waals surface area contributed by atoms with Gasteiger partial charge in [0.1, 0.15) is 18.0 Å². The molecular formula is C21H16BrF3N2O5S. The van der Waals surface area contributed by atoms with E-state index in [1.807, 2.05) is 0 Å². The van der Waals surface area contributed by atoms with Crippen molar-refractivity contribution in [1.29, 1.82) is 0 Å². The Balaban J connectivity index is 1.76. The zero-order valence-corrected chi connectivity index (χ0v) is 19.6. The van der Waals surface area contributed by atoms with Gasteiger partial charge in [-0.3, -0.25) is 19.3 Å². The second-order valence-corrected chi connectivity index (χ2v) is 8.47. The van der Waals surface area contributed by atoms with Crippen molar-refractivity contribution in [2.45, 2.75) is 6.18 Å². The molecule has 1 heterocycles. The summed E-state index contributed by atoms with van der Waals surface area (Å²) in [6, 6.07) is 7.28. The Morgan fingerprint density at radius 2 is 1.85 bits per heavy atom. The third-order valence-corrected chi connectivity index (χ3v) is 5.97. The standard InChI is InChI=1S/C21H16BrF3N2O5S/c1-31-15-9-16(32-2)14(22)6-11(15)7-17-19(29)27(20(30)33-17)10-18(28)26-13-5-3-4-12(8-13)21(23,24)25/h3-9H,10H2,1-2H3,(H,26,28)/b17-7-. The lowest BCUT2D eigenvalue weighted by atomic mass is 10.1. The van der Waals surface area contributed by atoms with Crippen molar-refractivity contribution in [2.75, 3.05) is 26.1 Å². The molecule has 3 rings (SSSR count). The summed E-state index contributed by atoms with van der Waals surface area (Å²) in [5.74, 6) is -0.631. The monoisotopic (exact) mass is 544 g/mol. The van der Waals surface area contributed by atoms with Crippen LogP contribution >= 0.6 is 27.7 Å². The molecular weight excluding hydrogens is 529 g/mol. The van der Waals surface area contributed by atoms with Crippen molar-refractivity contribution < 1.29 is 37.0 Å². The third kappa shape index (κ3) is 5.69. The number of carbonyl (C=O) groups excluding carboxylic acids is 3. The smallest absolute Gasteiger partial charge is 0.416 e. The average molecular weight is 545 g/mol. The molecule has 2 aromatic carbocycles. The highest BCUT2D eigenvalue weighted by Gasteiger charge is 2.37. The minimum atomic E-state index is -4.57. The van der Waals surface area contributed by atoms with Crippen LogP contribution in [0, 0.1) is 0 Å². The number of alkyl halides is 3. The number of anilines is 1. The number of nitrogens with zero attached hydrogens (tertiary/aromatic N) is 1. The van der Waals surface area contributed by atoms with E-state index >= 15 is 0 Å². The molecule has 2 aromatic rings. The summed E-state index contributed by atoms with van der Waals surface area (Å²) in [7, 11) is 2.92. The maximum Gasteiger partial charge on any atom is 0.416 e. The summed E-state index contributed by atoms with van der Waals surface area (Å²) in [5, 5.41) is 1.59. The molecule has 0 bridgehead atoms. The Hall–Kier alpha value is -2.99. The number of halogens is 4. The van der Waals surface area contributed by atoms with Crippen molar-refractivity contribution >= 4 is 56.5 Å². The number of hydrogen-bond acceptors (Lipinski definition) is 6. The molecule has 1 N–H and O–H groups in total. The van der Waals surface area contributed by atoms with Gasteiger partial charge in [-0.2, -0.15) is 13.2 Å². The molecule has 1 aliphatic heterocycles. The van der Waals surface area contributed by atoms with Gasteiger partial charge in [0, 0.05) is 17.3 Å². The average Bonchev–Trinajstić information content (AvgIpc) is 3.01. The Labute approximate surface area is 199 Å². The fourth-order valence-corrected chi connectivity index (χ4v) is 4.24. The first-order valence-corrected chi connectivity index (χ1v) is 10.8. The van der Waals surface area contributed by atoms with Crippen LogP contribution in [0.25, 0.3) is 6.08 Å². The largest absolute Gasteiger partial charge is 0.496 e. The van der Waals surface area contributed by atoms with Gasteiger partial charge in [0.2, 0.25) is 5.91 Å². The highest BCUT2D eigenvalue weighted by Crippen LogP contribution is 2.38. The zero-order chi connectivity index (χ0) is 24.3. The van der Waals surface area contributed by atoms with Gasteiger partial charge in [0.05, 0.1) is 29.2 Å². The molecule has 0 aromatic heterocycles. The van der Waals surface area contributed by atoms with Gasteiger partial charge in [-0.15, -0.1) is 0 Å². The fraction of sp³-hybridized carbons (Fsp3) is 0.190. The number of benzene rings is 2. The number of amides is 3. The van der Waals surface area contributed by atoms with Crippen LogP contribution in [-0.2, 0) is 15.8 Å². The van der Waals surface area contributed by atoms with E-state index in [0.717, 1.165) is 18.2 Å². The minimum Gasteiger partial charge on any atom is -0.496 e. The molecule has 0 unspecified atom stereocenters. The van der Waals surface area contributed by atoms with Crippen molar-refractivity contribution in [3.05, 3.63) is 56.9 Å². The minimum absolute atomic E-state index is 0.0576. The molecule has 1 fully saturated rings. The summed E-state index contributed by atoms with van der Waals surface area (Å²) in [4.78, 5) is 38.1. The summed E-state index contributed by atoms with van der Waals surface area (Å²) in [6.45, 7) is -0.651. The molecule has 12 heteroatoms. The normalized spacial score (nSPS) is 15.2. The Morgan fingerprint density at radius 1 is 1.15 bits per heavy atom. The van der Waals surface area contributed by atoms with Crippen LogP contribution in [0.5, 0.6) is 11.5 Å². The Bertz CT molecular complexity index is 1150. The van der Waals surface area contributed by atoms with Crippen molar-refractivity contribution in [3.63, 3.8) is 0 Å². The molecule has 0 spiro atoms. The second kappa shape index (κ2) is 9.87. The summed E-state index contributed by atoms with van der Waals surface area (Å²) in [5.41, 5.74) is -0.553. The van der Waals surface area contributed by atoms with Gasteiger partial charge in [0.15, 0.2) is 0 Å².